The SMILES string of the molecule is COC(=O)[C@](Cc1ccc(Br)cc1)(N=C[C@H]1O[C@@H]2OC3(CCCCC3)O[C@@H]2[C@H]2OC3(CCCCC3)O[C@H]21)C(C)C. The molecular formula is C31H42BrNO7. The summed E-state index contributed by atoms with van der Waals surface area (Å²) >= 11 is 3.50. The number of esters is 1. The van der Waals surface area contributed by atoms with E-state index in [0.29, 0.717) is 6.42 Å². The predicted octanol–water partition coefficient (Wildman–Crippen LogP) is 5.88. The molecule has 0 aromatic heterocycles. The Labute approximate surface area is 245 Å². The quantitative estimate of drug-likeness (QED) is 0.290. The van der Waals surface area contributed by atoms with Gasteiger partial charge in [0.15, 0.2) is 23.4 Å². The summed E-state index contributed by atoms with van der Waals surface area (Å²) in [7, 11) is 1.42. The molecule has 5 aliphatic rings. The van der Waals surface area contributed by atoms with Crippen LogP contribution in [0.25, 0.3) is 0 Å². The van der Waals surface area contributed by atoms with Crippen molar-refractivity contribution in [3.05, 3.63) is 34.3 Å². The third-order valence-electron chi connectivity index (χ3n) is 9.48. The number of carbonyl (C=O) groups is 1. The minimum atomic E-state index is -1.13. The van der Waals surface area contributed by atoms with Crippen LogP contribution in [0.5, 0.6) is 0 Å². The molecule has 6 rings (SSSR count). The second kappa shape index (κ2) is 11.4. The lowest BCUT2D eigenvalue weighted by Gasteiger charge is -2.37. The molecule has 1 aromatic rings. The number of aliphatic imine (C=N–C) groups is 1. The molecule has 6 atom stereocenters. The van der Waals surface area contributed by atoms with Crippen molar-refractivity contribution in [2.75, 3.05) is 7.11 Å². The molecule has 3 aliphatic heterocycles. The predicted molar refractivity (Wildman–Crippen MR) is 152 cm³/mol. The molecular weight excluding hydrogens is 578 g/mol. The Kier molecular flexibility index (Phi) is 8.18. The molecule has 0 unspecified atom stereocenters. The summed E-state index contributed by atoms with van der Waals surface area (Å²) < 4.78 is 39.6. The highest BCUT2D eigenvalue weighted by Crippen LogP contribution is 2.50. The third kappa shape index (κ3) is 5.31. The molecule has 5 fully saturated rings. The van der Waals surface area contributed by atoms with E-state index in [0.717, 1.165) is 61.4 Å². The number of ether oxygens (including phenoxy) is 6. The highest BCUT2D eigenvalue weighted by atomic mass is 79.9. The van der Waals surface area contributed by atoms with E-state index >= 15 is 0 Å². The summed E-state index contributed by atoms with van der Waals surface area (Å²) in [5, 5.41) is 0. The van der Waals surface area contributed by atoms with Gasteiger partial charge in [0.1, 0.15) is 24.4 Å². The summed E-state index contributed by atoms with van der Waals surface area (Å²) in [6.45, 7) is 4.00. The molecule has 0 radical (unpaired) electrons. The van der Waals surface area contributed by atoms with Crippen molar-refractivity contribution in [1.82, 2.24) is 0 Å². The lowest BCUT2D eigenvalue weighted by Crippen LogP contribution is -2.56. The van der Waals surface area contributed by atoms with Crippen molar-refractivity contribution in [2.24, 2.45) is 10.9 Å². The van der Waals surface area contributed by atoms with Crippen LogP contribution in [0.2, 0.25) is 0 Å². The van der Waals surface area contributed by atoms with Crippen LogP contribution in [0.4, 0.5) is 0 Å². The summed E-state index contributed by atoms with van der Waals surface area (Å²) in [6, 6.07) is 7.96. The summed E-state index contributed by atoms with van der Waals surface area (Å²) in [5.74, 6) is -1.75. The topological polar surface area (TPSA) is 84.8 Å². The molecule has 0 amide bonds. The Morgan fingerprint density at radius 1 is 0.950 bits per heavy atom. The fourth-order valence-electron chi connectivity index (χ4n) is 7.16. The molecule has 2 saturated carbocycles. The number of benzene rings is 1. The number of hydrogen-bond donors (Lipinski definition) is 0. The molecule has 1 aromatic carbocycles. The number of halogens is 1. The fourth-order valence-corrected chi connectivity index (χ4v) is 7.43. The minimum absolute atomic E-state index is 0.131. The zero-order chi connectivity index (χ0) is 28.0. The number of fused-ring (bicyclic) bond motifs is 3. The van der Waals surface area contributed by atoms with Gasteiger partial charge in [0.05, 0.1) is 7.11 Å². The maximum absolute atomic E-state index is 13.4. The van der Waals surface area contributed by atoms with Gasteiger partial charge in [-0.25, -0.2) is 4.79 Å². The van der Waals surface area contributed by atoms with Gasteiger partial charge in [-0.2, -0.15) is 0 Å². The van der Waals surface area contributed by atoms with Crippen molar-refractivity contribution < 1.29 is 33.2 Å². The van der Waals surface area contributed by atoms with Gasteiger partial charge in [0.25, 0.3) is 0 Å². The van der Waals surface area contributed by atoms with Crippen LogP contribution in [-0.2, 0) is 39.6 Å². The molecule has 0 N–H and O–H groups in total. The summed E-state index contributed by atoms with van der Waals surface area (Å²) in [4.78, 5) is 18.4. The van der Waals surface area contributed by atoms with Crippen LogP contribution >= 0.6 is 15.9 Å². The first-order valence-corrected chi connectivity index (χ1v) is 15.8. The molecule has 8 nitrogen and oxygen atoms in total. The van der Waals surface area contributed by atoms with E-state index in [1.807, 2.05) is 38.1 Å². The monoisotopic (exact) mass is 619 g/mol. The van der Waals surface area contributed by atoms with Crippen molar-refractivity contribution in [3.63, 3.8) is 0 Å². The molecule has 220 valence electrons. The molecule has 2 spiro atoms. The first-order valence-electron chi connectivity index (χ1n) is 15.0. The smallest absolute Gasteiger partial charge is 0.334 e. The average molecular weight is 621 g/mol. The van der Waals surface area contributed by atoms with E-state index in [4.69, 9.17) is 33.4 Å². The largest absolute Gasteiger partial charge is 0.467 e. The van der Waals surface area contributed by atoms with Crippen LogP contribution in [0.15, 0.2) is 33.7 Å². The van der Waals surface area contributed by atoms with E-state index < -0.39 is 35.6 Å². The second-order valence-electron chi connectivity index (χ2n) is 12.4. The maximum atomic E-state index is 13.4. The van der Waals surface area contributed by atoms with E-state index in [1.54, 1.807) is 6.21 Å². The van der Waals surface area contributed by atoms with Crippen molar-refractivity contribution in [3.8, 4) is 0 Å². The van der Waals surface area contributed by atoms with Crippen LogP contribution in [0.3, 0.4) is 0 Å². The Bertz CT molecular complexity index is 1080. The lowest BCUT2D eigenvalue weighted by molar-refractivity contribution is -0.240. The molecule has 2 aliphatic carbocycles. The lowest BCUT2D eigenvalue weighted by atomic mass is 9.81. The van der Waals surface area contributed by atoms with Gasteiger partial charge in [-0.15, -0.1) is 0 Å². The average Bonchev–Trinajstić information content (AvgIpc) is 3.50. The first-order chi connectivity index (χ1) is 19.3. The normalized spacial score (nSPS) is 34.2. The first kappa shape index (κ1) is 28.7. The fraction of sp³-hybridized carbons (Fsp3) is 0.742. The van der Waals surface area contributed by atoms with Gasteiger partial charge in [0, 0.05) is 42.8 Å². The van der Waals surface area contributed by atoms with Crippen LogP contribution < -0.4 is 0 Å². The minimum Gasteiger partial charge on any atom is -0.467 e. The van der Waals surface area contributed by atoms with Crippen molar-refractivity contribution in [2.45, 2.75) is 132 Å². The van der Waals surface area contributed by atoms with Gasteiger partial charge in [-0.1, -0.05) is 54.8 Å². The molecule has 9 heteroatoms. The Morgan fingerprint density at radius 2 is 1.52 bits per heavy atom. The van der Waals surface area contributed by atoms with Crippen molar-refractivity contribution >= 4 is 28.1 Å². The number of hydrogen-bond acceptors (Lipinski definition) is 8. The molecule has 0 bridgehead atoms. The number of carbonyl (C=O) groups excluding carboxylic acids is 1. The highest BCUT2D eigenvalue weighted by Gasteiger charge is 2.63. The van der Waals surface area contributed by atoms with Crippen molar-refractivity contribution in [1.29, 1.82) is 0 Å². The zero-order valence-corrected chi connectivity index (χ0v) is 25.4. The highest BCUT2D eigenvalue weighted by molar-refractivity contribution is 9.10. The number of methoxy groups -OCH3 is 1. The number of nitrogens with zero attached hydrogens (tertiary/aromatic N) is 1. The standard InChI is InChI=1S/C31H42BrNO7/c1-20(2)31(28(34)35-3,18-21-10-12-22(32)13-11-21)33-19-23-24-25(38-29(37-24)14-6-4-7-15-29)26-27(36-23)40-30(39-26)16-8-5-9-17-30/h10-13,19-20,23-27H,4-9,14-18H2,1-3H3/t23-,24+,25+,26-,27-,31-/m1/s1. The molecule has 3 heterocycles. The van der Waals surface area contributed by atoms with E-state index in [1.165, 1.54) is 20.0 Å². The van der Waals surface area contributed by atoms with E-state index in [-0.39, 0.29) is 24.1 Å². The van der Waals surface area contributed by atoms with Gasteiger partial charge in [-0.3, -0.25) is 4.99 Å². The third-order valence-corrected chi connectivity index (χ3v) is 10.0. The Hall–Kier alpha value is -1.36. The summed E-state index contributed by atoms with van der Waals surface area (Å²) in [5.41, 5.74) is -0.131. The van der Waals surface area contributed by atoms with Crippen LogP contribution in [0, 0.1) is 5.92 Å². The van der Waals surface area contributed by atoms with Crippen LogP contribution in [0.1, 0.15) is 83.6 Å². The Morgan fingerprint density at radius 3 is 2.12 bits per heavy atom. The van der Waals surface area contributed by atoms with Gasteiger partial charge < -0.3 is 28.4 Å². The maximum Gasteiger partial charge on any atom is 0.334 e. The Balaban J connectivity index is 1.32. The summed E-state index contributed by atoms with van der Waals surface area (Å²) in [6.07, 6.45) is 10.0. The van der Waals surface area contributed by atoms with Gasteiger partial charge >= 0.3 is 5.97 Å². The number of rotatable bonds is 6. The van der Waals surface area contributed by atoms with Gasteiger partial charge in [-0.05, 0) is 49.3 Å². The van der Waals surface area contributed by atoms with E-state index in [2.05, 4.69) is 15.9 Å². The zero-order valence-electron chi connectivity index (χ0n) is 23.8. The molecule has 3 saturated heterocycles. The molecule has 40 heavy (non-hydrogen) atoms. The van der Waals surface area contributed by atoms with Gasteiger partial charge in [0.2, 0.25) is 0 Å². The second-order valence-corrected chi connectivity index (χ2v) is 13.3. The van der Waals surface area contributed by atoms with E-state index in [9.17, 15) is 4.79 Å². The van der Waals surface area contributed by atoms with Crippen LogP contribution in [-0.4, -0.2) is 67.1 Å².